The summed E-state index contributed by atoms with van der Waals surface area (Å²) in [6.07, 6.45) is 4.21. The van der Waals surface area contributed by atoms with Crippen molar-refractivity contribution >= 4 is 35.5 Å². The number of nitrogens with one attached hydrogen (secondary N) is 5. The van der Waals surface area contributed by atoms with Gasteiger partial charge in [0.2, 0.25) is 29.5 Å². The highest BCUT2D eigenvalue weighted by atomic mass is 16.4. The largest absolute Gasteiger partial charge is 0.480 e. The van der Waals surface area contributed by atoms with Crippen LogP contribution in [0.15, 0.2) is 25.0 Å². The molecule has 4 atom stereocenters. The number of carboxylic acid groups (broad SMARTS) is 1. The molecule has 4 unspecified atom stereocenters. The third-order valence-corrected chi connectivity index (χ3v) is 5.28. The highest BCUT2D eigenvalue weighted by molar-refractivity contribution is 5.96. The van der Waals surface area contributed by atoms with Crippen LogP contribution in [0.5, 0.6) is 0 Å². The minimum absolute atomic E-state index is 0.0489. The monoisotopic (exact) mass is 534 g/mol. The van der Waals surface area contributed by atoms with Crippen LogP contribution in [-0.2, 0) is 41.6 Å². The lowest BCUT2D eigenvalue weighted by Gasteiger charge is -2.24. The fourth-order valence-electron chi connectivity index (χ4n) is 3.33. The first-order valence-corrected chi connectivity index (χ1v) is 11.4. The molecule has 0 radical (unpaired) electrons. The number of aromatic nitrogens is 4. The molecule has 17 nitrogen and oxygen atoms in total. The Morgan fingerprint density at radius 3 is 1.82 bits per heavy atom. The van der Waals surface area contributed by atoms with Gasteiger partial charge in [0.25, 0.3) is 0 Å². The zero-order chi connectivity index (χ0) is 28.2. The Labute approximate surface area is 215 Å². The van der Waals surface area contributed by atoms with Gasteiger partial charge >= 0.3 is 5.97 Å². The minimum atomic E-state index is -1.52. The summed E-state index contributed by atoms with van der Waals surface area (Å²) >= 11 is 0. The number of aromatic amines is 2. The molecule has 2 rings (SSSR count). The van der Waals surface area contributed by atoms with Crippen LogP contribution >= 0.6 is 0 Å². The molecule has 0 aliphatic heterocycles. The number of amides is 5. The van der Waals surface area contributed by atoms with Crippen molar-refractivity contribution in [2.45, 2.75) is 56.3 Å². The van der Waals surface area contributed by atoms with E-state index in [1.54, 1.807) is 0 Å². The van der Waals surface area contributed by atoms with Crippen LogP contribution < -0.4 is 33.2 Å². The van der Waals surface area contributed by atoms with E-state index < -0.39 is 66.1 Å². The van der Waals surface area contributed by atoms with Gasteiger partial charge in [0, 0.05) is 43.0 Å². The lowest BCUT2D eigenvalue weighted by molar-refractivity contribution is -0.142. The average molecular weight is 535 g/mol. The van der Waals surface area contributed by atoms with E-state index in [0.29, 0.717) is 11.4 Å². The van der Waals surface area contributed by atoms with E-state index in [1.807, 2.05) is 0 Å². The van der Waals surface area contributed by atoms with Crippen molar-refractivity contribution in [3.8, 4) is 0 Å². The van der Waals surface area contributed by atoms with Gasteiger partial charge in [-0.3, -0.25) is 24.0 Å². The first kappa shape index (κ1) is 29.4. The molecular formula is C21H30N10O7. The number of hydrogen-bond donors (Lipinski definition) is 9. The molecule has 17 heteroatoms. The summed E-state index contributed by atoms with van der Waals surface area (Å²) in [6.45, 7) is 0. The van der Waals surface area contributed by atoms with Gasteiger partial charge in [-0.25, -0.2) is 14.8 Å². The van der Waals surface area contributed by atoms with E-state index in [2.05, 4.69) is 35.9 Å². The molecule has 0 saturated heterocycles. The number of nitrogens with zero attached hydrogens (tertiary/aromatic N) is 2. The van der Waals surface area contributed by atoms with Gasteiger partial charge < -0.3 is 48.2 Å². The van der Waals surface area contributed by atoms with Crippen LogP contribution in [0.1, 0.15) is 30.7 Å². The Morgan fingerprint density at radius 2 is 1.32 bits per heavy atom. The predicted molar refractivity (Wildman–Crippen MR) is 128 cm³/mol. The highest BCUT2D eigenvalue weighted by Crippen LogP contribution is 2.05. The summed E-state index contributed by atoms with van der Waals surface area (Å²) in [4.78, 5) is 86.1. The van der Waals surface area contributed by atoms with Crippen LogP contribution in [0.2, 0.25) is 0 Å². The van der Waals surface area contributed by atoms with E-state index in [9.17, 15) is 33.9 Å². The lowest BCUT2D eigenvalue weighted by Crippen LogP contribution is -2.58. The standard InChI is InChI=1S/C21H30N10O7/c22-12(3-10-6-25-8-27-10)18(34)30-14(5-17(24)33)20(36)29-13(1-2-16(23)32)19(35)31-15(21(37)38)4-11-7-26-9-28-11/h6-9,12-15H,1-5,22H2,(H2,23,32)(H2,24,33)(H,25,27)(H,26,28)(H,29,36)(H,30,34)(H,31,35)(H,37,38). The molecule has 0 aliphatic carbocycles. The van der Waals surface area contributed by atoms with Crippen LogP contribution in [0.3, 0.4) is 0 Å². The van der Waals surface area contributed by atoms with E-state index in [-0.39, 0.29) is 25.7 Å². The van der Waals surface area contributed by atoms with Crippen LogP contribution in [-0.4, -0.2) is 84.7 Å². The molecule has 0 bridgehead atoms. The highest BCUT2D eigenvalue weighted by Gasteiger charge is 2.31. The molecule has 2 heterocycles. The maximum absolute atomic E-state index is 13.0. The first-order chi connectivity index (χ1) is 18.0. The van der Waals surface area contributed by atoms with Crippen LogP contribution in [0.25, 0.3) is 0 Å². The first-order valence-electron chi connectivity index (χ1n) is 11.4. The van der Waals surface area contributed by atoms with Crippen molar-refractivity contribution < 1.29 is 33.9 Å². The molecular weight excluding hydrogens is 504 g/mol. The molecule has 5 amide bonds. The molecule has 2 aromatic rings. The number of hydrogen-bond acceptors (Lipinski definition) is 9. The molecule has 0 fully saturated rings. The van der Waals surface area contributed by atoms with Gasteiger partial charge in [-0.2, -0.15) is 0 Å². The quantitative estimate of drug-likeness (QED) is 0.100. The number of nitrogens with two attached hydrogens (primary N) is 3. The summed E-state index contributed by atoms with van der Waals surface area (Å²) in [5.74, 6) is -5.79. The normalized spacial score (nSPS) is 13.9. The van der Waals surface area contributed by atoms with E-state index in [4.69, 9.17) is 17.2 Å². The molecule has 0 aliphatic rings. The Bertz CT molecular complexity index is 1120. The number of carbonyl (C=O) groups is 6. The van der Waals surface area contributed by atoms with Gasteiger partial charge in [0.15, 0.2) is 0 Å². The number of primary amides is 2. The maximum Gasteiger partial charge on any atom is 0.326 e. The second-order valence-corrected chi connectivity index (χ2v) is 8.37. The second kappa shape index (κ2) is 14.1. The van der Waals surface area contributed by atoms with Gasteiger partial charge in [-0.05, 0) is 6.42 Å². The number of aliphatic carboxylic acids is 1. The fraction of sp³-hybridized carbons (Fsp3) is 0.429. The third-order valence-electron chi connectivity index (χ3n) is 5.28. The smallest absolute Gasteiger partial charge is 0.326 e. The van der Waals surface area contributed by atoms with Crippen molar-refractivity contribution in [1.29, 1.82) is 0 Å². The number of rotatable bonds is 16. The average Bonchev–Trinajstić information content (AvgIpc) is 3.54. The van der Waals surface area contributed by atoms with Crippen molar-refractivity contribution in [2.24, 2.45) is 17.2 Å². The molecule has 0 aromatic carbocycles. The second-order valence-electron chi connectivity index (χ2n) is 8.37. The topological polar surface area (TPSA) is 294 Å². The van der Waals surface area contributed by atoms with Crippen molar-refractivity contribution in [1.82, 2.24) is 35.9 Å². The van der Waals surface area contributed by atoms with Crippen LogP contribution in [0, 0.1) is 0 Å². The molecule has 0 saturated carbocycles. The van der Waals surface area contributed by atoms with Gasteiger partial charge in [0.1, 0.15) is 18.1 Å². The summed E-state index contributed by atoms with van der Waals surface area (Å²) in [5.41, 5.74) is 17.2. The summed E-state index contributed by atoms with van der Waals surface area (Å²) in [7, 11) is 0. The Morgan fingerprint density at radius 1 is 0.789 bits per heavy atom. The Hall–Kier alpha value is -4.80. The molecule has 206 valence electrons. The Kier molecular flexibility index (Phi) is 10.9. The third kappa shape index (κ3) is 9.69. The minimum Gasteiger partial charge on any atom is -0.480 e. The zero-order valence-corrected chi connectivity index (χ0v) is 20.2. The molecule has 2 aromatic heterocycles. The predicted octanol–water partition coefficient (Wildman–Crippen LogP) is -4.07. The Balaban J connectivity index is 2.13. The fourth-order valence-corrected chi connectivity index (χ4v) is 3.33. The van der Waals surface area contributed by atoms with E-state index in [1.165, 1.54) is 25.0 Å². The van der Waals surface area contributed by atoms with Gasteiger partial charge in [0.05, 0.1) is 25.1 Å². The lowest BCUT2D eigenvalue weighted by atomic mass is 10.1. The van der Waals surface area contributed by atoms with Crippen molar-refractivity contribution in [3.63, 3.8) is 0 Å². The summed E-state index contributed by atoms with van der Waals surface area (Å²) in [6, 6.07) is -5.48. The SMILES string of the molecule is NC(=O)CCC(NC(=O)C(CC(N)=O)NC(=O)C(N)Cc1cnc[nH]1)C(=O)NC(Cc1cnc[nH]1)C(=O)O. The van der Waals surface area contributed by atoms with Crippen molar-refractivity contribution in [3.05, 3.63) is 36.4 Å². The maximum atomic E-state index is 13.0. The van der Waals surface area contributed by atoms with E-state index >= 15 is 0 Å². The van der Waals surface area contributed by atoms with Gasteiger partial charge in [-0.15, -0.1) is 0 Å². The number of imidazole rings is 2. The molecule has 0 spiro atoms. The number of H-pyrrole nitrogens is 2. The molecule has 12 N–H and O–H groups in total. The van der Waals surface area contributed by atoms with E-state index in [0.717, 1.165) is 0 Å². The van der Waals surface area contributed by atoms with Crippen LogP contribution in [0.4, 0.5) is 0 Å². The molecule has 38 heavy (non-hydrogen) atoms. The van der Waals surface area contributed by atoms with Gasteiger partial charge in [-0.1, -0.05) is 0 Å². The number of carbonyl (C=O) groups excluding carboxylic acids is 5. The zero-order valence-electron chi connectivity index (χ0n) is 20.2. The summed E-state index contributed by atoms with van der Waals surface area (Å²) < 4.78 is 0. The number of carboxylic acids is 1. The summed E-state index contributed by atoms with van der Waals surface area (Å²) in [5, 5.41) is 16.4. The van der Waals surface area contributed by atoms with Crippen molar-refractivity contribution in [2.75, 3.05) is 0 Å².